The normalized spacial score (nSPS) is 23.6. The molecule has 0 amide bonds. The van der Waals surface area contributed by atoms with E-state index in [1.54, 1.807) is 0 Å². The first-order valence-electron chi connectivity index (χ1n) is 8.62. The van der Waals surface area contributed by atoms with Gasteiger partial charge in [0.2, 0.25) is 0 Å². The Morgan fingerprint density at radius 3 is 1.67 bits per heavy atom. The zero-order valence-electron chi connectivity index (χ0n) is 12.2. The highest BCUT2D eigenvalue weighted by Crippen LogP contribution is 2.42. The molecule has 0 unspecified atom stereocenters. The Kier molecular flexibility index (Phi) is 6.66. The molecule has 0 N–H and O–H groups in total. The van der Waals surface area contributed by atoms with Crippen molar-refractivity contribution in [3.05, 3.63) is 0 Å². The van der Waals surface area contributed by atoms with E-state index in [0.717, 1.165) is 24.1 Å². The van der Waals surface area contributed by atoms with Crippen molar-refractivity contribution in [3.8, 4) is 0 Å². The summed E-state index contributed by atoms with van der Waals surface area (Å²) in [6.07, 6.45) is 20.1. The summed E-state index contributed by atoms with van der Waals surface area (Å²) in [4.78, 5) is 0. The summed E-state index contributed by atoms with van der Waals surface area (Å²) < 4.78 is 0. The molecule has 2 fully saturated rings. The molecule has 102 valence electrons. The first kappa shape index (κ1) is 14.5. The molecule has 0 atom stereocenters. The summed E-state index contributed by atoms with van der Waals surface area (Å²) in [5, 5.41) is 0. The van der Waals surface area contributed by atoms with E-state index in [-0.39, 0.29) is 0 Å². The predicted octanol–water partition coefficient (Wildman–Crippen LogP) is 5.52. The van der Waals surface area contributed by atoms with Crippen molar-refractivity contribution in [2.75, 3.05) is 0 Å². The highest BCUT2D eigenvalue weighted by Gasteiger charge is 2.30. The van der Waals surface area contributed by atoms with Crippen molar-refractivity contribution in [1.82, 2.24) is 0 Å². The molecule has 2 radical (unpaired) electrons. The molecule has 18 heavy (non-hydrogen) atoms. The molecule has 2 rings (SSSR count). The maximum absolute atomic E-state index is 5.67. The molecular formula is C17H31B. The summed E-state index contributed by atoms with van der Waals surface area (Å²) in [6.45, 7) is 0. The molecule has 0 bridgehead atoms. The van der Waals surface area contributed by atoms with Gasteiger partial charge < -0.3 is 0 Å². The molecule has 2 saturated carbocycles. The van der Waals surface area contributed by atoms with Gasteiger partial charge in [-0.3, -0.25) is 0 Å². The predicted molar refractivity (Wildman–Crippen MR) is 81.1 cm³/mol. The van der Waals surface area contributed by atoms with Gasteiger partial charge in [-0.1, -0.05) is 83.4 Å². The van der Waals surface area contributed by atoms with Crippen LogP contribution >= 0.6 is 0 Å². The van der Waals surface area contributed by atoms with Gasteiger partial charge in [-0.05, 0) is 24.2 Å². The van der Waals surface area contributed by atoms with E-state index in [9.17, 15) is 0 Å². The Bertz CT molecular complexity index is 184. The second kappa shape index (κ2) is 8.28. The number of hydrogen-bond acceptors (Lipinski definition) is 0. The van der Waals surface area contributed by atoms with Crippen LogP contribution in [0.5, 0.6) is 0 Å². The van der Waals surface area contributed by atoms with Crippen molar-refractivity contribution in [2.45, 2.75) is 89.8 Å². The van der Waals surface area contributed by atoms with Gasteiger partial charge in [-0.15, -0.1) is 0 Å². The smallest absolute Gasteiger partial charge is 0.0653 e. The second-order valence-electron chi connectivity index (χ2n) is 6.74. The van der Waals surface area contributed by atoms with Crippen LogP contribution in [0.2, 0.25) is 6.32 Å². The van der Waals surface area contributed by atoms with Gasteiger partial charge >= 0.3 is 0 Å². The van der Waals surface area contributed by atoms with Crippen molar-refractivity contribution in [1.29, 1.82) is 0 Å². The van der Waals surface area contributed by atoms with Gasteiger partial charge in [0.1, 0.15) is 0 Å². The van der Waals surface area contributed by atoms with Gasteiger partial charge in [-0.25, -0.2) is 0 Å². The van der Waals surface area contributed by atoms with Crippen LogP contribution in [0.3, 0.4) is 0 Å². The Labute approximate surface area is 116 Å². The van der Waals surface area contributed by atoms with Crippen LogP contribution in [-0.4, -0.2) is 7.85 Å². The van der Waals surface area contributed by atoms with Crippen molar-refractivity contribution in [2.24, 2.45) is 17.8 Å². The largest absolute Gasteiger partial charge is 0.0887 e. The maximum Gasteiger partial charge on any atom is 0.0653 e. The summed E-state index contributed by atoms with van der Waals surface area (Å²) >= 11 is 0. The van der Waals surface area contributed by atoms with Crippen molar-refractivity contribution in [3.63, 3.8) is 0 Å². The zero-order valence-corrected chi connectivity index (χ0v) is 12.2. The fraction of sp³-hybridized carbons (Fsp3) is 1.00. The highest BCUT2D eigenvalue weighted by molar-refractivity contribution is 6.08. The minimum Gasteiger partial charge on any atom is -0.0887 e. The summed E-state index contributed by atoms with van der Waals surface area (Å²) in [7, 11) is 5.67. The van der Waals surface area contributed by atoms with Crippen molar-refractivity contribution >= 4 is 7.85 Å². The standard InChI is InChI=1S/C17H31B/c18-14-8-7-13-17(15-9-3-1-4-10-15)16-11-5-2-6-12-16/h15-17H,1-14H2. The topological polar surface area (TPSA) is 0 Å². The number of unbranched alkanes of at least 4 members (excludes halogenated alkanes) is 1. The average Bonchev–Trinajstić information content (AvgIpc) is 2.46. The molecule has 2 aliphatic rings. The van der Waals surface area contributed by atoms with Gasteiger partial charge in [0.15, 0.2) is 0 Å². The van der Waals surface area contributed by atoms with E-state index in [1.165, 1.54) is 83.5 Å². The third-order valence-corrected chi connectivity index (χ3v) is 5.50. The monoisotopic (exact) mass is 246 g/mol. The van der Waals surface area contributed by atoms with Crippen LogP contribution in [0, 0.1) is 17.8 Å². The summed E-state index contributed by atoms with van der Waals surface area (Å²) in [5.74, 6) is 3.19. The third kappa shape index (κ3) is 4.32. The average molecular weight is 246 g/mol. The lowest BCUT2D eigenvalue weighted by molar-refractivity contribution is 0.132. The van der Waals surface area contributed by atoms with Crippen LogP contribution in [-0.2, 0) is 0 Å². The van der Waals surface area contributed by atoms with Crippen LogP contribution in [0.15, 0.2) is 0 Å². The minimum absolute atomic E-state index is 0.891. The van der Waals surface area contributed by atoms with Gasteiger partial charge in [0, 0.05) is 0 Å². The molecule has 1 heteroatoms. The van der Waals surface area contributed by atoms with E-state index in [1.807, 2.05) is 0 Å². The lowest BCUT2D eigenvalue weighted by Crippen LogP contribution is -2.27. The maximum atomic E-state index is 5.67. The number of rotatable bonds is 6. The van der Waals surface area contributed by atoms with Crippen molar-refractivity contribution < 1.29 is 0 Å². The molecule has 0 aromatic rings. The fourth-order valence-electron chi connectivity index (χ4n) is 4.51. The fourth-order valence-corrected chi connectivity index (χ4v) is 4.51. The molecule has 0 saturated heterocycles. The molecule has 0 nitrogen and oxygen atoms in total. The lowest BCUT2D eigenvalue weighted by Gasteiger charge is -2.38. The highest BCUT2D eigenvalue weighted by atomic mass is 14.4. The van der Waals surface area contributed by atoms with Gasteiger partial charge in [-0.2, -0.15) is 0 Å². The van der Waals surface area contributed by atoms with E-state index in [4.69, 9.17) is 7.85 Å². The third-order valence-electron chi connectivity index (χ3n) is 5.50. The van der Waals surface area contributed by atoms with Crippen LogP contribution in [0.25, 0.3) is 0 Å². The Balaban J connectivity index is 1.87. The minimum atomic E-state index is 0.891. The molecule has 0 aromatic heterocycles. The Morgan fingerprint density at radius 2 is 1.22 bits per heavy atom. The second-order valence-corrected chi connectivity index (χ2v) is 6.74. The van der Waals surface area contributed by atoms with Crippen LogP contribution in [0.1, 0.15) is 83.5 Å². The summed E-state index contributed by atoms with van der Waals surface area (Å²) in [6, 6.07) is 0. The summed E-state index contributed by atoms with van der Waals surface area (Å²) in [5.41, 5.74) is 0. The zero-order chi connectivity index (χ0) is 12.6. The Morgan fingerprint density at radius 1 is 0.722 bits per heavy atom. The van der Waals surface area contributed by atoms with E-state index in [2.05, 4.69) is 0 Å². The van der Waals surface area contributed by atoms with E-state index < -0.39 is 0 Å². The molecule has 0 aromatic carbocycles. The molecular weight excluding hydrogens is 215 g/mol. The van der Waals surface area contributed by atoms with E-state index >= 15 is 0 Å². The molecule has 0 aliphatic heterocycles. The molecule has 0 spiro atoms. The van der Waals surface area contributed by atoms with Crippen LogP contribution in [0.4, 0.5) is 0 Å². The lowest BCUT2D eigenvalue weighted by atomic mass is 9.68. The number of hydrogen-bond donors (Lipinski definition) is 0. The van der Waals surface area contributed by atoms with E-state index in [0.29, 0.717) is 0 Å². The van der Waals surface area contributed by atoms with Gasteiger partial charge in [0.25, 0.3) is 0 Å². The SMILES string of the molecule is [B]CCCCC(C1CCCCC1)C1CCCCC1. The quantitative estimate of drug-likeness (QED) is 0.427. The van der Waals surface area contributed by atoms with Gasteiger partial charge in [0.05, 0.1) is 7.85 Å². The Hall–Kier alpha value is 0.0649. The first-order chi connectivity index (χ1) is 8.92. The molecule has 2 aliphatic carbocycles. The molecule has 0 heterocycles. The first-order valence-corrected chi connectivity index (χ1v) is 8.62. The van der Waals surface area contributed by atoms with Crippen LogP contribution < -0.4 is 0 Å².